The Morgan fingerprint density at radius 3 is 2.10 bits per heavy atom. The van der Waals surface area contributed by atoms with Crippen molar-refractivity contribution < 1.29 is 9.90 Å². The molecule has 4 heterocycles. The van der Waals surface area contributed by atoms with Gasteiger partial charge < -0.3 is 20.0 Å². The number of aromatic nitrogens is 4. The smallest absolute Gasteiger partial charge is 0.320 e. The standard InChI is InChI=1S/C33H49N7O2/c1-5-6-28-33(11-17-38(18-12-33)24-32(2,3)4)19-27(31(41)42)40(28)21-26-9-7-25(8-10-26)20-39(22-29-34-13-14-35-29)23-30-36-15-16-37-30/h7-10,13-16,27-28H,5-6,11-12,17-24H2,1-4H3,(H,34,35)(H,36,37)(H,41,42)/t27-,28?/m0/s1. The summed E-state index contributed by atoms with van der Waals surface area (Å²) < 4.78 is 0. The Hall–Kier alpha value is -3.01. The van der Waals surface area contributed by atoms with Gasteiger partial charge in [0.05, 0.1) is 13.1 Å². The molecule has 0 amide bonds. The third-order valence-electron chi connectivity index (χ3n) is 9.16. The van der Waals surface area contributed by atoms with Crippen molar-refractivity contribution in [2.45, 2.75) is 98.1 Å². The van der Waals surface area contributed by atoms with Crippen LogP contribution in [0.2, 0.25) is 0 Å². The van der Waals surface area contributed by atoms with Crippen molar-refractivity contribution in [3.8, 4) is 0 Å². The second-order valence-electron chi connectivity index (χ2n) is 13.8. The van der Waals surface area contributed by atoms with Crippen molar-refractivity contribution in [2.24, 2.45) is 10.8 Å². The molecule has 2 atom stereocenters. The number of nitrogens with zero attached hydrogens (tertiary/aromatic N) is 5. The first-order chi connectivity index (χ1) is 20.1. The van der Waals surface area contributed by atoms with Crippen molar-refractivity contribution in [1.82, 2.24) is 34.6 Å². The summed E-state index contributed by atoms with van der Waals surface area (Å²) in [5.41, 5.74) is 2.75. The van der Waals surface area contributed by atoms with E-state index in [-0.39, 0.29) is 10.8 Å². The topological polar surface area (TPSA) is 104 Å². The van der Waals surface area contributed by atoms with Gasteiger partial charge in [0.15, 0.2) is 0 Å². The number of aliphatic carboxylic acids is 1. The number of imidazole rings is 2. The Bertz CT molecular complexity index is 1210. The third-order valence-corrected chi connectivity index (χ3v) is 9.16. The van der Waals surface area contributed by atoms with E-state index in [0.717, 1.165) is 69.9 Å². The molecule has 1 unspecified atom stereocenters. The first-order valence-electron chi connectivity index (χ1n) is 15.6. The number of piperidine rings is 1. The van der Waals surface area contributed by atoms with Gasteiger partial charge in [-0.1, -0.05) is 58.4 Å². The van der Waals surface area contributed by atoms with Crippen LogP contribution >= 0.6 is 0 Å². The van der Waals surface area contributed by atoms with Gasteiger partial charge in [-0.05, 0) is 60.7 Å². The zero-order valence-corrected chi connectivity index (χ0v) is 25.9. The minimum atomic E-state index is -0.673. The number of likely N-dealkylation sites (tertiary alicyclic amines) is 2. The largest absolute Gasteiger partial charge is 0.480 e. The van der Waals surface area contributed by atoms with E-state index >= 15 is 0 Å². The third kappa shape index (κ3) is 7.49. The van der Waals surface area contributed by atoms with E-state index in [9.17, 15) is 9.90 Å². The molecule has 0 saturated carbocycles. The summed E-state index contributed by atoms with van der Waals surface area (Å²) in [5.74, 6) is 1.17. The number of H-pyrrole nitrogens is 2. The molecule has 3 N–H and O–H groups in total. The molecular formula is C33H49N7O2. The number of hydrogen-bond acceptors (Lipinski definition) is 6. The summed E-state index contributed by atoms with van der Waals surface area (Å²) in [6.07, 6.45) is 12.3. The minimum absolute atomic E-state index is 0.0889. The molecule has 42 heavy (non-hydrogen) atoms. The highest BCUT2D eigenvalue weighted by atomic mass is 16.4. The summed E-state index contributed by atoms with van der Waals surface area (Å²) in [6, 6.07) is 8.63. The van der Waals surface area contributed by atoms with Gasteiger partial charge in [-0.15, -0.1) is 0 Å². The van der Waals surface area contributed by atoms with Crippen LogP contribution in [0.1, 0.15) is 82.6 Å². The van der Waals surface area contributed by atoms with Crippen LogP contribution in [0.5, 0.6) is 0 Å². The molecule has 1 aromatic carbocycles. The number of carbonyl (C=O) groups is 1. The normalized spacial score (nSPS) is 21.5. The van der Waals surface area contributed by atoms with Crippen LogP contribution in [-0.4, -0.2) is 77.4 Å². The van der Waals surface area contributed by atoms with Crippen LogP contribution in [-0.2, 0) is 31.0 Å². The molecule has 2 aromatic heterocycles. The molecule has 2 aliphatic rings. The fourth-order valence-corrected chi connectivity index (χ4v) is 7.35. The van der Waals surface area contributed by atoms with Crippen molar-refractivity contribution in [1.29, 1.82) is 0 Å². The molecule has 0 aliphatic carbocycles. The van der Waals surface area contributed by atoms with E-state index in [4.69, 9.17) is 0 Å². The number of carboxylic acid groups (broad SMARTS) is 1. The van der Waals surface area contributed by atoms with E-state index in [1.165, 1.54) is 11.1 Å². The molecule has 9 nitrogen and oxygen atoms in total. The van der Waals surface area contributed by atoms with E-state index in [1.54, 1.807) is 12.4 Å². The highest BCUT2D eigenvalue weighted by molar-refractivity contribution is 5.74. The zero-order valence-electron chi connectivity index (χ0n) is 25.9. The molecule has 2 fully saturated rings. The number of rotatable bonds is 12. The molecule has 5 rings (SSSR count). The highest BCUT2D eigenvalue weighted by Crippen LogP contribution is 2.50. The Morgan fingerprint density at radius 1 is 1.00 bits per heavy atom. The van der Waals surface area contributed by atoms with Crippen LogP contribution in [0.15, 0.2) is 49.1 Å². The van der Waals surface area contributed by atoms with Gasteiger partial charge in [0.1, 0.15) is 17.7 Å². The Kier molecular flexibility index (Phi) is 9.50. The maximum atomic E-state index is 12.6. The van der Waals surface area contributed by atoms with Crippen LogP contribution in [0.3, 0.4) is 0 Å². The molecular weight excluding hydrogens is 526 g/mol. The number of carboxylic acids is 1. The fraction of sp³-hybridized carbons (Fsp3) is 0.606. The number of nitrogens with one attached hydrogen (secondary N) is 2. The summed E-state index contributed by atoms with van der Waals surface area (Å²) in [7, 11) is 0. The lowest BCUT2D eigenvalue weighted by Crippen LogP contribution is -2.49. The summed E-state index contributed by atoms with van der Waals surface area (Å²) in [6.45, 7) is 15.2. The van der Waals surface area contributed by atoms with Crippen LogP contribution in [0.4, 0.5) is 0 Å². The predicted molar refractivity (Wildman–Crippen MR) is 164 cm³/mol. The second kappa shape index (κ2) is 13.1. The average molecular weight is 576 g/mol. The van der Waals surface area contributed by atoms with Crippen LogP contribution < -0.4 is 0 Å². The van der Waals surface area contributed by atoms with Crippen molar-refractivity contribution >= 4 is 5.97 Å². The monoisotopic (exact) mass is 575 g/mol. The van der Waals surface area contributed by atoms with Crippen molar-refractivity contribution in [2.75, 3.05) is 19.6 Å². The van der Waals surface area contributed by atoms with Gasteiger partial charge in [-0.25, -0.2) is 9.97 Å². The molecule has 9 heteroatoms. The molecule has 1 spiro atoms. The number of hydrogen-bond donors (Lipinski definition) is 3. The summed E-state index contributed by atoms with van der Waals surface area (Å²) in [5, 5.41) is 10.3. The molecule has 228 valence electrons. The minimum Gasteiger partial charge on any atom is -0.480 e. The van der Waals surface area contributed by atoms with Gasteiger partial charge in [-0.2, -0.15) is 0 Å². The van der Waals surface area contributed by atoms with Gasteiger partial charge in [0, 0.05) is 50.5 Å². The molecule has 2 aliphatic heterocycles. The van der Waals surface area contributed by atoms with Crippen LogP contribution in [0, 0.1) is 10.8 Å². The Labute approximate surface area is 250 Å². The summed E-state index contributed by atoms with van der Waals surface area (Å²) in [4.78, 5) is 35.1. The van der Waals surface area contributed by atoms with Gasteiger partial charge in [-0.3, -0.25) is 14.6 Å². The number of aromatic amines is 2. The van der Waals surface area contributed by atoms with Gasteiger partial charge >= 0.3 is 5.97 Å². The van der Waals surface area contributed by atoms with E-state index in [1.807, 2.05) is 12.4 Å². The lowest BCUT2D eigenvalue weighted by molar-refractivity contribution is -0.142. The lowest BCUT2D eigenvalue weighted by atomic mass is 9.70. The van der Waals surface area contributed by atoms with Crippen LogP contribution in [0.25, 0.3) is 0 Å². The number of benzene rings is 1. The zero-order chi connectivity index (χ0) is 29.7. The second-order valence-corrected chi connectivity index (χ2v) is 13.8. The van der Waals surface area contributed by atoms with Crippen molar-refractivity contribution in [3.05, 3.63) is 71.8 Å². The predicted octanol–water partition coefficient (Wildman–Crippen LogP) is 5.29. The molecule has 2 saturated heterocycles. The lowest BCUT2D eigenvalue weighted by Gasteiger charge is -2.45. The van der Waals surface area contributed by atoms with E-state index in [2.05, 4.69) is 86.6 Å². The first-order valence-corrected chi connectivity index (χ1v) is 15.6. The first kappa shape index (κ1) is 30.4. The molecule has 0 bridgehead atoms. The Balaban J connectivity index is 1.28. The summed E-state index contributed by atoms with van der Waals surface area (Å²) >= 11 is 0. The van der Waals surface area contributed by atoms with Gasteiger partial charge in [0.2, 0.25) is 0 Å². The molecule has 0 radical (unpaired) electrons. The van der Waals surface area contributed by atoms with E-state index in [0.29, 0.717) is 25.7 Å². The maximum Gasteiger partial charge on any atom is 0.320 e. The highest BCUT2D eigenvalue weighted by Gasteiger charge is 2.54. The molecule has 3 aromatic rings. The SMILES string of the molecule is CCCC1N(Cc2ccc(CN(Cc3ncc[nH]3)Cc3ncc[nH]3)cc2)[C@H](C(=O)O)CC12CCN(CC(C)(C)C)CC2. The average Bonchev–Trinajstić information content (AvgIpc) is 3.70. The fourth-order valence-electron chi connectivity index (χ4n) is 7.35. The van der Waals surface area contributed by atoms with Crippen molar-refractivity contribution in [3.63, 3.8) is 0 Å². The van der Waals surface area contributed by atoms with Gasteiger partial charge in [0.25, 0.3) is 0 Å². The Morgan fingerprint density at radius 2 is 1.60 bits per heavy atom. The quantitative estimate of drug-likeness (QED) is 0.270. The maximum absolute atomic E-state index is 12.6. The van der Waals surface area contributed by atoms with E-state index < -0.39 is 12.0 Å².